The zero-order chi connectivity index (χ0) is 12.1. The van der Waals surface area contributed by atoms with Gasteiger partial charge in [0.05, 0.1) is 12.1 Å². The summed E-state index contributed by atoms with van der Waals surface area (Å²) in [6.07, 6.45) is 1.05. The molecule has 0 aromatic carbocycles. The van der Waals surface area contributed by atoms with Gasteiger partial charge in [0.25, 0.3) is 0 Å². The van der Waals surface area contributed by atoms with Crippen LogP contribution < -0.4 is 0 Å². The molecule has 0 aliphatic carbocycles. The van der Waals surface area contributed by atoms with Crippen molar-refractivity contribution in [3.63, 3.8) is 0 Å². The third-order valence-corrected chi connectivity index (χ3v) is 2.65. The molecule has 0 aromatic heterocycles. The van der Waals surface area contributed by atoms with E-state index in [-0.39, 0.29) is 0 Å². The molecule has 6 nitrogen and oxygen atoms in total. The number of hydrogen-bond donors (Lipinski definition) is 0. The van der Waals surface area contributed by atoms with Crippen LogP contribution >= 0.6 is 0 Å². The molecule has 2 aliphatic heterocycles. The van der Waals surface area contributed by atoms with Crippen molar-refractivity contribution in [1.29, 1.82) is 10.5 Å². The third kappa shape index (κ3) is 2.93. The van der Waals surface area contributed by atoms with Crippen LogP contribution in [0.3, 0.4) is 0 Å². The van der Waals surface area contributed by atoms with Gasteiger partial charge in [0.2, 0.25) is 5.79 Å². The predicted octanol–water partition coefficient (Wildman–Crippen LogP) is 1.04. The zero-order valence-electron chi connectivity index (χ0n) is 9.42. The normalized spacial score (nSPS) is 35.9. The smallest absolute Gasteiger partial charge is 0.221 e. The van der Waals surface area contributed by atoms with E-state index in [0.29, 0.717) is 38.9 Å². The molecular weight excluding hydrogens is 224 g/mol. The summed E-state index contributed by atoms with van der Waals surface area (Å²) in [6, 6.07) is 4.08. The molecule has 2 heterocycles. The highest BCUT2D eigenvalue weighted by Gasteiger charge is 2.49. The van der Waals surface area contributed by atoms with E-state index in [4.69, 9.17) is 29.5 Å². The van der Waals surface area contributed by atoms with E-state index in [1.54, 1.807) is 0 Å². The highest BCUT2D eigenvalue weighted by Crippen LogP contribution is 2.34. The molecular formula is C11H14N2O4. The van der Waals surface area contributed by atoms with Gasteiger partial charge in [-0.3, -0.25) is 0 Å². The second-order valence-electron chi connectivity index (χ2n) is 4.02. The lowest BCUT2D eigenvalue weighted by Crippen LogP contribution is -2.35. The summed E-state index contributed by atoms with van der Waals surface area (Å²) in [6.45, 7) is 0.623. The van der Waals surface area contributed by atoms with E-state index in [1.807, 2.05) is 12.1 Å². The summed E-state index contributed by atoms with van der Waals surface area (Å²) in [5, 5.41) is 16.9. The van der Waals surface area contributed by atoms with Crippen LogP contribution in [-0.2, 0) is 18.9 Å². The van der Waals surface area contributed by atoms with Gasteiger partial charge in [0, 0.05) is 25.7 Å². The molecule has 0 bridgehead atoms. The Hall–Kier alpha value is -1.18. The van der Waals surface area contributed by atoms with E-state index in [2.05, 4.69) is 0 Å². The van der Waals surface area contributed by atoms with Crippen LogP contribution in [0.25, 0.3) is 0 Å². The minimum Gasteiger partial charge on any atom is -0.347 e. The van der Waals surface area contributed by atoms with Crippen LogP contribution in [0.2, 0.25) is 0 Å². The Balaban J connectivity index is 1.80. The molecule has 0 radical (unpaired) electrons. The maximum Gasteiger partial charge on any atom is 0.221 e. The summed E-state index contributed by atoms with van der Waals surface area (Å²) in [5.41, 5.74) is 0. The number of nitriles is 2. The van der Waals surface area contributed by atoms with Crippen molar-refractivity contribution in [3.05, 3.63) is 0 Å². The number of nitrogens with zero attached hydrogens (tertiary/aromatic N) is 2. The molecule has 0 N–H and O–H groups in total. The molecule has 6 heteroatoms. The lowest BCUT2D eigenvalue weighted by Gasteiger charge is -2.19. The molecule has 0 aromatic rings. The van der Waals surface area contributed by atoms with Crippen LogP contribution in [0.1, 0.15) is 25.7 Å². The van der Waals surface area contributed by atoms with Crippen molar-refractivity contribution in [1.82, 2.24) is 0 Å². The van der Waals surface area contributed by atoms with Gasteiger partial charge >= 0.3 is 0 Å². The van der Waals surface area contributed by atoms with Gasteiger partial charge in [0.15, 0.2) is 12.6 Å². The summed E-state index contributed by atoms with van der Waals surface area (Å²) in [5.74, 6) is -0.833. The monoisotopic (exact) mass is 238 g/mol. The van der Waals surface area contributed by atoms with Crippen molar-refractivity contribution in [2.45, 2.75) is 44.1 Å². The molecule has 2 unspecified atom stereocenters. The fourth-order valence-corrected chi connectivity index (χ4v) is 1.84. The van der Waals surface area contributed by atoms with Crippen molar-refractivity contribution in [2.24, 2.45) is 0 Å². The standard InChI is InChI=1S/C11H14N2O4/c12-5-1-3-9-14-7-11(16-9)8-15-10(17-11)4-2-6-13/h9-10H,1-4,7-8H2. The number of ether oxygens (including phenoxy) is 4. The minimum atomic E-state index is -0.833. The number of rotatable bonds is 4. The maximum atomic E-state index is 8.47. The van der Waals surface area contributed by atoms with Crippen LogP contribution in [0, 0.1) is 22.7 Å². The van der Waals surface area contributed by atoms with Crippen molar-refractivity contribution < 1.29 is 18.9 Å². The van der Waals surface area contributed by atoms with Crippen LogP contribution in [-0.4, -0.2) is 31.6 Å². The van der Waals surface area contributed by atoms with Gasteiger partial charge in [0.1, 0.15) is 13.2 Å². The molecule has 2 fully saturated rings. The van der Waals surface area contributed by atoms with Gasteiger partial charge in [-0.25, -0.2) is 0 Å². The molecule has 2 atom stereocenters. The largest absolute Gasteiger partial charge is 0.347 e. The highest BCUT2D eigenvalue weighted by atomic mass is 16.9. The molecule has 1 spiro atoms. The van der Waals surface area contributed by atoms with E-state index >= 15 is 0 Å². The Kier molecular flexibility index (Phi) is 3.93. The van der Waals surface area contributed by atoms with Gasteiger partial charge in [-0.15, -0.1) is 0 Å². The van der Waals surface area contributed by atoms with E-state index in [9.17, 15) is 0 Å². The predicted molar refractivity (Wildman–Crippen MR) is 54.1 cm³/mol. The zero-order valence-corrected chi connectivity index (χ0v) is 9.42. The molecule has 17 heavy (non-hydrogen) atoms. The Labute approximate surface area is 99.6 Å². The first-order valence-electron chi connectivity index (χ1n) is 5.61. The highest BCUT2D eigenvalue weighted by molar-refractivity contribution is 4.83. The average Bonchev–Trinajstić information content (AvgIpc) is 2.92. The summed E-state index contributed by atoms with van der Waals surface area (Å²) in [4.78, 5) is 0. The molecule has 2 aliphatic rings. The first kappa shape index (κ1) is 12.3. The van der Waals surface area contributed by atoms with Gasteiger partial charge in [-0.1, -0.05) is 0 Å². The van der Waals surface area contributed by atoms with Crippen molar-refractivity contribution in [2.75, 3.05) is 13.2 Å². The van der Waals surface area contributed by atoms with Gasteiger partial charge in [-0.05, 0) is 0 Å². The Morgan fingerprint density at radius 1 is 0.941 bits per heavy atom. The molecule has 0 saturated carbocycles. The topological polar surface area (TPSA) is 84.5 Å². The fraction of sp³-hybridized carbons (Fsp3) is 0.818. The summed E-state index contributed by atoms with van der Waals surface area (Å²) in [7, 11) is 0. The Morgan fingerprint density at radius 3 is 1.82 bits per heavy atom. The fourth-order valence-electron chi connectivity index (χ4n) is 1.84. The van der Waals surface area contributed by atoms with E-state index < -0.39 is 18.4 Å². The average molecular weight is 238 g/mol. The van der Waals surface area contributed by atoms with E-state index in [1.165, 1.54) is 0 Å². The molecule has 2 rings (SSSR count). The maximum absolute atomic E-state index is 8.47. The lowest BCUT2D eigenvalue weighted by molar-refractivity contribution is -0.214. The molecule has 0 amide bonds. The molecule has 92 valence electrons. The number of hydrogen-bond acceptors (Lipinski definition) is 6. The van der Waals surface area contributed by atoms with Crippen molar-refractivity contribution in [3.8, 4) is 12.1 Å². The van der Waals surface area contributed by atoms with Gasteiger partial charge < -0.3 is 18.9 Å². The summed E-state index contributed by atoms with van der Waals surface area (Å²) < 4.78 is 22.0. The SMILES string of the molecule is N#CCCC1OCC2(COC(CCC#N)O2)O1. The second-order valence-corrected chi connectivity index (χ2v) is 4.02. The summed E-state index contributed by atoms with van der Waals surface area (Å²) >= 11 is 0. The van der Waals surface area contributed by atoms with Crippen LogP contribution in [0.4, 0.5) is 0 Å². The first-order valence-corrected chi connectivity index (χ1v) is 5.61. The second kappa shape index (κ2) is 5.44. The Bertz CT molecular complexity index is 312. The first-order chi connectivity index (χ1) is 8.28. The van der Waals surface area contributed by atoms with Gasteiger partial charge in [-0.2, -0.15) is 10.5 Å². The lowest BCUT2D eigenvalue weighted by atomic mass is 10.3. The molecule has 2 saturated heterocycles. The van der Waals surface area contributed by atoms with Crippen molar-refractivity contribution >= 4 is 0 Å². The van der Waals surface area contributed by atoms with Crippen LogP contribution in [0.5, 0.6) is 0 Å². The minimum absolute atomic E-state index is 0.312. The van der Waals surface area contributed by atoms with E-state index in [0.717, 1.165) is 0 Å². The Morgan fingerprint density at radius 2 is 1.41 bits per heavy atom. The third-order valence-electron chi connectivity index (χ3n) is 2.65. The quantitative estimate of drug-likeness (QED) is 0.727. The van der Waals surface area contributed by atoms with Crippen LogP contribution in [0.15, 0.2) is 0 Å².